The van der Waals surface area contributed by atoms with Crippen molar-refractivity contribution in [2.75, 3.05) is 13.1 Å². The van der Waals surface area contributed by atoms with Crippen molar-refractivity contribution in [3.05, 3.63) is 33.9 Å². The summed E-state index contributed by atoms with van der Waals surface area (Å²) < 4.78 is 0. The van der Waals surface area contributed by atoms with Crippen molar-refractivity contribution in [1.29, 1.82) is 0 Å². The molecular formula is C22H36N2. The Morgan fingerprint density at radius 2 is 1.71 bits per heavy atom. The maximum atomic E-state index is 4.57. The van der Waals surface area contributed by atoms with Crippen molar-refractivity contribution in [2.24, 2.45) is 10.4 Å². The molecule has 24 heavy (non-hydrogen) atoms. The molecule has 1 N–H and O–H groups in total. The highest BCUT2D eigenvalue weighted by molar-refractivity contribution is 5.83. The molecule has 1 aliphatic heterocycles. The number of rotatable bonds is 8. The van der Waals surface area contributed by atoms with Gasteiger partial charge in [0.2, 0.25) is 0 Å². The van der Waals surface area contributed by atoms with Crippen LogP contribution in [0.3, 0.4) is 0 Å². The van der Waals surface area contributed by atoms with Crippen LogP contribution in [0, 0.1) is 33.1 Å². The number of benzene rings is 1. The summed E-state index contributed by atoms with van der Waals surface area (Å²) in [7, 11) is 0. The zero-order chi connectivity index (χ0) is 17.7. The Morgan fingerprint density at radius 3 is 2.33 bits per heavy atom. The molecule has 1 aromatic rings. The van der Waals surface area contributed by atoms with Crippen LogP contribution in [-0.4, -0.2) is 18.9 Å². The molecule has 0 spiro atoms. The summed E-state index contributed by atoms with van der Waals surface area (Å²) in [6.07, 6.45) is 7.41. The normalized spacial score (nSPS) is 16.7. The van der Waals surface area contributed by atoms with Crippen LogP contribution in [-0.2, 0) is 6.42 Å². The summed E-state index contributed by atoms with van der Waals surface area (Å²) >= 11 is 0. The van der Waals surface area contributed by atoms with Crippen LogP contribution in [0.4, 0.5) is 0 Å². The number of nitrogens with one attached hydrogen (secondary N) is 1. The van der Waals surface area contributed by atoms with Gasteiger partial charge in [-0.2, -0.15) is 0 Å². The Morgan fingerprint density at radius 1 is 1.00 bits per heavy atom. The van der Waals surface area contributed by atoms with Crippen LogP contribution in [0.2, 0.25) is 0 Å². The molecule has 0 bridgehead atoms. The summed E-state index contributed by atoms with van der Waals surface area (Å²) in [5, 5.41) is 3.43. The van der Waals surface area contributed by atoms with E-state index in [4.69, 9.17) is 0 Å². The van der Waals surface area contributed by atoms with Crippen molar-refractivity contribution >= 4 is 5.84 Å². The van der Waals surface area contributed by atoms with Crippen molar-refractivity contribution in [3.63, 3.8) is 0 Å². The molecule has 1 aromatic carbocycles. The molecule has 1 aliphatic rings. The second kappa shape index (κ2) is 8.18. The minimum absolute atomic E-state index is 0.416. The van der Waals surface area contributed by atoms with Crippen LogP contribution in [0.5, 0.6) is 0 Å². The molecule has 1 heterocycles. The van der Waals surface area contributed by atoms with E-state index in [2.05, 4.69) is 57.9 Å². The zero-order valence-electron chi connectivity index (χ0n) is 16.7. The summed E-state index contributed by atoms with van der Waals surface area (Å²) in [5.41, 5.74) is 7.87. The number of amidine groups is 1. The third kappa shape index (κ3) is 4.62. The van der Waals surface area contributed by atoms with E-state index in [1.165, 1.54) is 60.2 Å². The molecule has 0 aliphatic carbocycles. The van der Waals surface area contributed by atoms with Crippen LogP contribution in [0.1, 0.15) is 73.8 Å². The van der Waals surface area contributed by atoms with E-state index in [1.807, 2.05) is 0 Å². The number of hydrogen-bond acceptors (Lipinski definition) is 2. The zero-order valence-corrected chi connectivity index (χ0v) is 16.7. The highest BCUT2D eigenvalue weighted by atomic mass is 15.1. The first-order chi connectivity index (χ1) is 11.4. The van der Waals surface area contributed by atoms with E-state index >= 15 is 0 Å². The lowest BCUT2D eigenvalue weighted by Crippen LogP contribution is -2.24. The van der Waals surface area contributed by atoms with Gasteiger partial charge in [-0.25, -0.2) is 0 Å². The minimum atomic E-state index is 0.416. The molecule has 0 aromatic heterocycles. The molecule has 1 unspecified atom stereocenters. The first kappa shape index (κ1) is 19.0. The number of aryl methyl sites for hydroxylation is 2. The number of nitrogens with zero attached hydrogens (tertiary/aromatic N) is 1. The SMILES string of the molecule is CCCC(C)(CCC1=NCCN1)CCc1c(C)cc(C)c(C)c1C. The molecule has 0 fully saturated rings. The maximum absolute atomic E-state index is 4.57. The van der Waals surface area contributed by atoms with Gasteiger partial charge in [0.25, 0.3) is 0 Å². The molecule has 134 valence electrons. The van der Waals surface area contributed by atoms with Crippen LogP contribution in [0.15, 0.2) is 11.1 Å². The average molecular weight is 329 g/mol. The lowest BCUT2D eigenvalue weighted by atomic mass is 9.75. The summed E-state index contributed by atoms with van der Waals surface area (Å²) in [5.74, 6) is 1.23. The topological polar surface area (TPSA) is 24.4 Å². The van der Waals surface area contributed by atoms with Crippen LogP contribution >= 0.6 is 0 Å². The van der Waals surface area contributed by atoms with Gasteiger partial charge in [0.15, 0.2) is 0 Å². The molecular weight excluding hydrogens is 292 g/mol. The Bertz CT molecular complexity index is 600. The molecule has 1 atom stereocenters. The maximum Gasteiger partial charge on any atom is 0.0964 e. The summed E-state index contributed by atoms with van der Waals surface area (Å²) in [4.78, 5) is 4.57. The third-order valence-corrected chi connectivity index (χ3v) is 6.06. The van der Waals surface area contributed by atoms with E-state index in [0.29, 0.717) is 5.41 Å². The molecule has 0 radical (unpaired) electrons. The Hall–Kier alpha value is -1.31. The Kier molecular flexibility index (Phi) is 6.48. The first-order valence-electron chi connectivity index (χ1n) is 9.70. The monoisotopic (exact) mass is 328 g/mol. The van der Waals surface area contributed by atoms with Crippen LogP contribution in [0.25, 0.3) is 0 Å². The van der Waals surface area contributed by atoms with Crippen molar-refractivity contribution in [3.8, 4) is 0 Å². The van der Waals surface area contributed by atoms with Gasteiger partial charge in [-0.3, -0.25) is 4.99 Å². The van der Waals surface area contributed by atoms with E-state index < -0.39 is 0 Å². The standard InChI is InChI=1S/C22H36N2/c1-7-10-22(6,12-9-21-23-13-14-24-21)11-8-20-17(3)15-16(2)18(4)19(20)5/h15H,7-14H2,1-6H3,(H,23,24). The fourth-order valence-corrected chi connectivity index (χ4v) is 4.16. The van der Waals surface area contributed by atoms with Gasteiger partial charge in [0.05, 0.1) is 12.4 Å². The molecule has 2 rings (SSSR count). The summed E-state index contributed by atoms with van der Waals surface area (Å²) in [6, 6.07) is 2.37. The largest absolute Gasteiger partial charge is 0.372 e. The van der Waals surface area contributed by atoms with E-state index in [-0.39, 0.29) is 0 Å². The van der Waals surface area contributed by atoms with Crippen molar-refractivity contribution < 1.29 is 0 Å². The molecule has 2 heteroatoms. The lowest BCUT2D eigenvalue weighted by molar-refractivity contribution is 0.251. The van der Waals surface area contributed by atoms with Gasteiger partial charge < -0.3 is 5.32 Å². The highest BCUT2D eigenvalue weighted by Crippen LogP contribution is 2.36. The van der Waals surface area contributed by atoms with E-state index in [9.17, 15) is 0 Å². The van der Waals surface area contributed by atoms with Gasteiger partial charge in [0, 0.05) is 13.0 Å². The van der Waals surface area contributed by atoms with E-state index in [0.717, 1.165) is 19.5 Å². The quantitative estimate of drug-likeness (QED) is 0.675. The van der Waals surface area contributed by atoms with E-state index in [1.54, 1.807) is 5.56 Å². The Labute approximate surface area is 149 Å². The predicted molar refractivity (Wildman–Crippen MR) is 106 cm³/mol. The van der Waals surface area contributed by atoms with Crippen LogP contribution < -0.4 is 5.32 Å². The number of aliphatic imine (C=N–C) groups is 1. The minimum Gasteiger partial charge on any atom is -0.372 e. The fourth-order valence-electron chi connectivity index (χ4n) is 4.16. The lowest BCUT2D eigenvalue weighted by Gasteiger charge is -2.30. The second-order valence-corrected chi connectivity index (χ2v) is 8.05. The highest BCUT2D eigenvalue weighted by Gasteiger charge is 2.25. The first-order valence-corrected chi connectivity index (χ1v) is 9.70. The predicted octanol–water partition coefficient (Wildman–Crippen LogP) is 5.44. The fraction of sp³-hybridized carbons (Fsp3) is 0.682. The van der Waals surface area contributed by atoms with Gasteiger partial charge in [-0.15, -0.1) is 0 Å². The van der Waals surface area contributed by atoms with Crippen molar-refractivity contribution in [2.45, 2.75) is 80.1 Å². The van der Waals surface area contributed by atoms with Gasteiger partial charge in [-0.05, 0) is 86.6 Å². The van der Waals surface area contributed by atoms with Gasteiger partial charge in [-0.1, -0.05) is 26.3 Å². The van der Waals surface area contributed by atoms with Crippen molar-refractivity contribution in [1.82, 2.24) is 5.32 Å². The summed E-state index contributed by atoms with van der Waals surface area (Å²) in [6.45, 7) is 15.9. The van der Waals surface area contributed by atoms with Gasteiger partial charge in [0.1, 0.15) is 0 Å². The smallest absolute Gasteiger partial charge is 0.0964 e. The Balaban J connectivity index is 2.06. The molecule has 0 amide bonds. The molecule has 0 saturated carbocycles. The average Bonchev–Trinajstić information content (AvgIpc) is 3.05. The number of hydrogen-bond donors (Lipinski definition) is 1. The third-order valence-electron chi connectivity index (χ3n) is 6.06. The molecule has 2 nitrogen and oxygen atoms in total. The second-order valence-electron chi connectivity index (χ2n) is 8.05. The molecule has 0 saturated heterocycles. The van der Waals surface area contributed by atoms with Gasteiger partial charge >= 0.3 is 0 Å².